The Balaban J connectivity index is 2.00. The normalized spacial score (nSPS) is 24.7. The zero-order valence-corrected chi connectivity index (χ0v) is 15.8. The number of pyridine rings is 1. The van der Waals surface area contributed by atoms with E-state index in [0.717, 1.165) is 5.57 Å². The summed E-state index contributed by atoms with van der Waals surface area (Å²) in [5, 5.41) is 11.4. The molecule has 0 saturated carbocycles. The van der Waals surface area contributed by atoms with Crippen molar-refractivity contribution in [2.24, 2.45) is 5.92 Å². The van der Waals surface area contributed by atoms with Gasteiger partial charge in [-0.05, 0) is 51.3 Å². The van der Waals surface area contributed by atoms with Gasteiger partial charge in [-0.3, -0.25) is 15.1 Å². The van der Waals surface area contributed by atoms with E-state index in [1.165, 1.54) is 17.3 Å². The third kappa shape index (κ3) is 3.65. The number of aromatic nitrogens is 1. The monoisotopic (exact) mass is 373 g/mol. The molecule has 0 spiro atoms. The van der Waals surface area contributed by atoms with Crippen LogP contribution in [0.1, 0.15) is 39.7 Å². The summed E-state index contributed by atoms with van der Waals surface area (Å²) in [4.78, 5) is 28.8. The molecule has 3 atom stereocenters. The van der Waals surface area contributed by atoms with E-state index in [2.05, 4.69) is 11.6 Å². The van der Waals surface area contributed by atoms with E-state index >= 15 is 0 Å². The summed E-state index contributed by atoms with van der Waals surface area (Å²) in [6.45, 7) is 11.2. The number of allylic oxidation sites excluding steroid dienone is 1. The van der Waals surface area contributed by atoms with Crippen molar-refractivity contribution < 1.29 is 19.2 Å². The van der Waals surface area contributed by atoms with Crippen LogP contribution < -0.4 is 0 Å². The van der Waals surface area contributed by atoms with Gasteiger partial charge in [-0.25, -0.2) is 9.69 Å². The SMILES string of the molecule is C=C1O[C@@H]2[C@H](C)CC(c3ccncc3[N+](=O)[O-])=C[C@@H]2N1C(=O)OC(C)(C)C. The van der Waals surface area contributed by atoms with E-state index in [0.29, 0.717) is 12.0 Å². The number of carbonyl (C=O) groups is 1. The maximum atomic E-state index is 12.7. The summed E-state index contributed by atoms with van der Waals surface area (Å²) in [5.41, 5.74) is 0.564. The number of carbonyl (C=O) groups excluding carboxylic acids is 1. The zero-order chi connectivity index (χ0) is 19.9. The van der Waals surface area contributed by atoms with Gasteiger partial charge >= 0.3 is 6.09 Å². The van der Waals surface area contributed by atoms with Crippen LogP contribution >= 0.6 is 0 Å². The van der Waals surface area contributed by atoms with E-state index < -0.39 is 22.7 Å². The molecule has 27 heavy (non-hydrogen) atoms. The molecule has 144 valence electrons. The lowest BCUT2D eigenvalue weighted by atomic mass is 9.82. The van der Waals surface area contributed by atoms with E-state index in [1.54, 1.807) is 26.8 Å². The van der Waals surface area contributed by atoms with Gasteiger partial charge in [0.15, 0.2) is 5.88 Å². The van der Waals surface area contributed by atoms with Crippen molar-refractivity contribution in [2.45, 2.75) is 51.9 Å². The minimum Gasteiger partial charge on any atom is -0.473 e. The number of rotatable bonds is 2. The average Bonchev–Trinajstić information content (AvgIpc) is 2.90. The van der Waals surface area contributed by atoms with Crippen LogP contribution in [0.4, 0.5) is 10.5 Å². The van der Waals surface area contributed by atoms with Gasteiger partial charge in [0.25, 0.3) is 5.69 Å². The Kier molecular flexibility index (Phi) is 4.67. The van der Waals surface area contributed by atoms with Crippen molar-refractivity contribution >= 4 is 17.4 Å². The van der Waals surface area contributed by atoms with E-state index in [1.807, 2.05) is 13.0 Å². The molecular formula is C19H23N3O5. The molecule has 8 nitrogen and oxygen atoms in total. The molecule has 0 unspecified atom stereocenters. The molecule has 3 rings (SSSR count). The van der Waals surface area contributed by atoms with Crippen LogP contribution in [-0.2, 0) is 9.47 Å². The van der Waals surface area contributed by atoms with Crippen molar-refractivity contribution in [2.75, 3.05) is 0 Å². The molecule has 1 saturated heterocycles. The van der Waals surface area contributed by atoms with Gasteiger partial charge in [-0.1, -0.05) is 13.0 Å². The Hall–Kier alpha value is -2.90. The average molecular weight is 373 g/mol. The molecule has 0 aromatic carbocycles. The van der Waals surface area contributed by atoms with Gasteiger partial charge in [0.05, 0.1) is 16.5 Å². The number of hydrogen-bond donors (Lipinski definition) is 0. The molecule has 1 fully saturated rings. The number of fused-ring (bicyclic) bond motifs is 1. The summed E-state index contributed by atoms with van der Waals surface area (Å²) in [7, 11) is 0. The first-order valence-electron chi connectivity index (χ1n) is 8.75. The van der Waals surface area contributed by atoms with Crippen molar-refractivity contribution in [3.63, 3.8) is 0 Å². The van der Waals surface area contributed by atoms with Gasteiger partial charge in [-0.2, -0.15) is 0 Å². The molecule has 1 aliphatic carbocycles. The summed E-state index contributed by atoms with van der Waals surface area (Å²) >= 11 is 0. The maximum Gasteiger partial charge on any atom is 0.417 e. The molecule has 0 bridgehead atoms. The quantitative estimate of drug-likeness (QED) is 0.576. The van der Waals surface area contributed by atoms with Crippen molar-refractivity contribution in [3.8, 4) is 0 Å². The van der Waals surface area contributed by atoms with Gasteiger partial charge in [0.2, 0.25) is 0 Å². The molecule has 1 aromatic heterocycles. The summed E-state index contributed by atoms with van der Waals surface area (Å²) in [5.74, 6) is 0.264. The third-order valence-corrected chi connectivity index (χ3v) is 4.58. The molecule has 2 heterocycles. The Morgan fingerprint density at radius 1 is 1.48 bits per heavy atom. The van der Waals surface area contributed by atoms with Crippen LogP contribution in [0.25, 0.3) is 5.57 Å². The molecule has 8 heteroatoms. The molecule has 1 amide bonds. The number of hydrogen-bond acceptors (Lipinski definition) is 6. The zero-order valence-electron chi connectivity index (χ0n) is 15.8. The fourth-order valence-corrected chi connectivity index (χ4v) is 3.49. The Bertz CT molecular complexity index is 827. The molecule has 0 radical (unpaired) electrons. The van der Waals surface area contributed by atoms with Crippen LogP contribution in [0.3, 0.4) is 0 Å². The van der Waals surface area contributed by atoms with Gasteiger partial charge in [0.1, 0.15) is 17.9 Å². The number of nitro groups is 1. The van der Waals surface area contributed by atoms with Crippen LogP contribution in [0, 0.1) is 16.0 Å². The molecular weight excluding hydrogens is 350 g/mol. The number of amides is 1. The first-order valence-corrected chi connectivity index (χ1v) is 8.75. The summed E-state index contributed by atoms with van der Waals surface area (Å²) in [6.07, 6.45) is 4.37. The van der Waals surface area contributed by atoms with E-state index in [-0.39, 0.29) is 23.6 Å². The van der Waals surface area contributed by atoms with Crippen LogP contribution in [0.15, 0.2) is 37.0 Å². The topological polar surface area (TPSA) is 94.8 Å². The van der Waals surface area contributed by atoms with Crippen LogP contribution in [0.5, 0.6) is 0 Å². The van der Waals surface area contributed by atoms with Crippen molar-refractivity contribution in [1.29, 1.82) is 0 Å². The van der Waals surface area contributed by atoms with Crippen molar-refractivity contribution in [3.05, 3.63) is 52.7 Å². The number of nitrogens with zero attached hydrogens (tertiary/aromatic N) is 3. The van der Waals surface area contributed by atoms with Crippen LogP contribution in [-0.4, -0.2) is 38.6 Å². The molecule has 0 N–H and O–H groups in total. The highest BCUT2D eigenvalue weighted by Crippen LogP contribution is 2.42. The molecule has 2 aliphatic rings. The van der Waals surface area contributed by atoms with Gasteiger partial charge < -0.3 is 9.47 Å². The Morgan fingerprint density at radius 3 is 2.81 bits per heavy atom. The minimum atomic E-state index is -0.661. The Morgan fingerprint density at radius 2 is 2.19 bits per heavy atom. The Labute approximate surface area is 157 Å². The maximum absolute atomic E-state index is 12.7. The second-order valence-corrected chi connectivity index (χ2v) is 7.84. The highest BCUT2D eigenvalue weighted by atomic mass is 16.6. The second-order valence-electron chi connectivity index (χ2n) is 7.84. The number of ether oxygens (including phenoxy) is 2. The lowest BCUT2D eigenvalue weighted by Gasteiger charge is -2.32. The van der Waals surface area contributed by atoms with E-state index in [4.69, 9.17) is 9.47 Å². The first kappa shape index (κ1) is 18.9. The van der Waals surface area contributed by atoms with Crippen LogP contribution in [0.2, 0.25) is 0 Å². The first-order chi connectivity index (χ1) is 12.6. The summed E-state index contributed by atoms with van der Waals surface area (Å²) in [6, 6.07) is 1.19. The second kappa shape index (κ2) is 6.68. The van der Waals surface area contributed by atoms with E-state index in [9.17, 15) is 14.9 Å². The highest BCUT2D eigenvalue weighted by Gasteiger charge is 2.47. The fourth-order valence-electron chi connectivity index (χ4n) is 3.49. The predicted octanol–water partition coefficient (Wildman–Crippen LogP) is 3.89. The lowest BCUT2D eigenvalue weighted by Crippen LogP contribution is -2.44. The largest absolute Gasteiger partial charge is 0.473 e. The third-order valence-electron chi connectivity index (χ3n) is 4.58. The minimum absolute atomic E-state index is 0.0342. The summed E-state index contributed by atoms with van der Waals surface area (Å²) < 4.78 is 11.3. The van der Waals surface area contributed by atoms with Crippen molar-refractivity contribution in [1.82, 2.24) is 9.88 Å². The fraction of sp³-hybridized carbons (Fsp3) is 0.474. The lowest BCUT2D eigenvalue weighted by molar-refractivity contribution is -0.385. The highest BCUT2D eigenvalue weighted by molar-refractivity contribution is 5.76. The standard InChI is InChI=1S/C19H23N3O5/c1-11-8-13(14-6-7-20-10-16(14)22(24)25)9-15-17(11)26-12(2)21(15)18(23)27-19(3,4)5/h6-7,9-11,15,17H,2,8H2,1,3-5H3/t11-,15+,17-/m1/s1. The molecule has 1 aromatic rings. The predicted molar refractivity (Wildman–Crippen MR) is 98.5 cm³/mol. The smallest absolute Gasteiger partial charge is 0.417 e. The van der Waals surface area contributed by atoms with Gasteiger partial charge in [0, 0.05) is 6.20 Å². The van der Waals surface area contributed by atoms with Gasteiger partial charge in [-0.15, -0.1) is 0 Å². The molecule has 1 aliphatic heterocycles.